The van der Waals surface area contributed by atoms with Crippen LogP contribution >= 0.6 is 0 Å². The van der Waals surface area contributed by atoms with Gasteiger partial charge in [0.25, 0.3) is 0 Å². The van der Waals surface area contributed by atoms with E-state index in [1.165, 1.54) is 18.7 Å². The molecule has 1 atom stereocenters. The number of benzene rings is 1. The number of carbonyl (C=O) groups excluding carboxylic acids is 1. The lowest BCUT2D eigenvalue weighted by Gasteiger charge is -2.39. The molecule has 5 aromatic rings. The highest BCUT2D eigenvalue weighted by Gasteiger charge is 2.35. The number of ether oxygens (including phenoxy) is 2. The van der Waals surface area contributed by atoms with E-state index in [1.54, 1.807) is 41.2 Å². The fourth-order valence-corrected chi connectivity index (χ4v) is 5.57. The summed E-state index contributed by atoms with van der Waals surface area (Å²) in [6.07, 6.45) is 9.73. The number of carbonyl (C=O) groups is 1. The number of nitrogens with zero attached hydrogens (tertiary/aromatic N) is 9. The summed E-state index contributed by atoms with van der Waals surface area (Å²) >= 11 is 0. The number of nitrogens with one attached hydrogen (secondary N) is 1. The third-order valence-electron chi connectivity index (χ3n) is 7.83. The molecular formula is C31H31FN10O3. The van der Waals surface area contributed by atoms with Gasteiger partial charge in [-0.15, -0.1) is 0 Å². The fraction of sp³-hybridized carbons (Fsp3) is 0.290. The molecule has 0 saturated carbocycles. The maximum atomic E-state index is 15.5. The molecule has 1 fully saturated rings. The maximum Gasteiger partial charge on any atom is 0.246 e. The highest BCUT2D eigenvalue weighted by atomic mass is 19.1. The van der Waals surface area contributed by atoms with Gasteiger partial charge in [-0.3, -0.25) is 4.79 Å². The van der Waals surface area contributed by atoms with E-state index < -0.39 is 5.82 Å². The van der Waals surface area contributed by atoms with Gasteiger partial charge in [0.15, 0.2) is 17.2 Å². The molecule has 0 unspecified atom stereocenters. The average molecular weight is 611 g/mol. The number of halogens is 1. The first-order chi connectivity index (χ1) is 21.8. The number of rotatable bonds is 7. The second-order valence-electron chi connectivity index (χ2n) is 11.3. The van der Waals surface area contributed by atoms with E-state index in [2.05, 4.69) is 35.3 Å². The molecule has 2 aliphatic heterocycles. The number of fused-ring (bicyclic) bond motifs is 7. The largest absolute Gasteiger partial charge is 0.487 e. The number of amides is 1. The van der Waals surface area contributed by atoms with Crippen LogP contribution in [0.15, 0.2) is 61.5 Å². The Morgan fingerprint density at radius 2 is 2.07 bits per heavy atom. The summed E-state index contributed by atoms with van der Waals surface area (Å²) < 4.78 is 29.5. The van der Waals surface area contributed by atoms with Crippen LogP contribution in [0.5, 0.6) is 17.2 Å². The topological polar surface area (TPSA) is 126 Å². The number of hydrogen-bond acceptors (Lipinski definition) is 11. The molecule has 0 radical (unpaired) electrons. The summed E-state index contributed by atoms with van der Waals surface area (Å²) in [6, 6.07) is 6.30. The quantitative estimate of drug-likeness (QED) is 0.272. The van der Waals surface area contributed by atoms with Gasteiger partial charge in [0.05, 0.1) is 28.8 Å². The van der Waals surface area contributed by atoms with Crippen molar-refractivity contribution in [1.82, 2.24) is 39.3 Å². The monoisotopic (exact) mass is 610 g/mol. The Kier molecular flexibility index (Phi) is 7.33. The Morgan fingerprint density at radius 3 is 2.93 bits per heavy atom. The predicted molar refractivity (Wildman–Crippen MR) is 166 cm³/mol. The highest BCUT2D eigenvalue weighted by Crippen LogP contribution is 2.41. The Hall–Kier alpha value is -5.37. The molecule has 6 heterocycles. The SMILES string of the molecule is Cc1cc(Nc2ncnc3cnc4c(c23)OC[C@H]2CN4CCN2C(=O)/C=C/CN(C)C)c(F)cc1Oc1ccn2ncnc2c1. The number of anilines is 3. The van der Waals surface area contributed by atoms with Crippen molar-refractivity contribution in [2.75, 3.05) is 57.1 Å². The molecule has 45 heavy (non-hydrogen) atoms. The zero-order valence-electron chi connectivity index (χ0n) is 25.0. The van der Waals surface area contributed by atoms with Gasteiger partial charge < -0.3 is 29.5 Å². The molecule has 1 amide bonds. The van der Waals surface area contributed by atoms with Crippen molar-refractivity contribution in [3.8, 4) is 17.2 Å². The molecule has 0 spiro atoms. The van der Waals surface area contributed by atoms with Crippen LogP contribution in [-0.2, 0) is 4.79 Å². The molecule has 13 nitrogen and oxygen atoms in total. The molecule has 0 aliphatic carbocycles. The Morgan fingerprint density at radius 1 is 1.18 bits per heavy atom. The van der Waals surface area contributed by atoms with Crippen molar-refractivity contribution in [2.24, 2.45) is 0 Å². The van der Waals surface area contributed by atoms with E-state index in [0.717, 1.165) is 0 Å². The standard InChI is InChI=1S/C31H31FN10O3/c1-19-11-23(22(32)13-25(19)45-21-6-8-42-26(12-21)35-18-37-42)38-30-28-24(34-17-36-30)14-33-31-29(28)44-16-20-15-40(31)9-10-41(20)27(43)5-4-7-39(2)3/h4-6,8,11-14,17-18,20H,7,9-10,15-16H2,1-3H3,(H,34,36,38)/b5-4+/t20-/m1/s1. The van der Waals surface area contributed by atoms with Gasteiger partial charge in [0.2, 0.25) is 5.91 Å². The minimum atomic E-state index is -0.525. The van der Waals surface area contributed by atoms with Crippen molar-refractivity contribution >= 4 is 39.8 Å². The van der Waals surface area contributed by atoms with E-state index in [1.807, 2.05) is 36.9 Å². The molecular weight excluding hydrogens is 579 g/mol. The summed E-state index contributed by atoms with van der Waals surface area (Å²) in [4.78, 5) is 36.7. The van der Waals surface area contributed by atoms with Crippen LogP contribution in [0.4, 0.5) is 21.7 Å². The zero-order valence-corrected chi connectivity index (χ0v) is 25.0. The van der Waals surface area contributed by atoms with Crippen molar-refractivity contribution < 1.29 is 18.7 Å². The lowest BCUT2D eigenvalue weighted by Crippen LogP contribution is -2.56. The van der Waals surface area contributed by atoms with Crippen LogP contribution in [0.1, 0.15) is 5.56 Å². The van der Waals surface area contributed by atoms with Crippen LogP contribution in [0.3, 0.4) is 0 Å². The van der Waals surface area contributed by atoms with Gasteiger partial charge in [0, 0.05) is 50.6 Å². The van der Waals surface area contributed by atoms with E-state index in [9.17, 15) is 4.79 Å². The predicted octanol–water partition coefficient (Wildman–Crippen LogP) is 3.58. The van der Waals surface area contributed by atoms with Crippen molar-refractivity contribution in [1.29, 1.82) is 0 Å². The minimum Gasteiger partial charge on any atom is -0.487 e. The number of pyridine rings is 2. The van der Waals surface area contributed by atoms with Crippen molar-refractivity contribution in [3.05, 3.63) is 72.8 Å². The molecule has 7 rings (SSSR count). The van der Waals surface area contributed by atoms with Crippen LogP contribution in [-0.4, -0.2) is 98.2 Å². The van der Waals surface area contributed by atoms with Gasteiger partial charge >= 0.3 is 0 Å². The van der Waals surface area contributed by atoms with E-state index in [-0.39, 0.29) is 24.2 Å². The second-order valence-corrected chi connectivity index (χ2v) is 11.3. The van der Waals surface area contributed by atoms with Gasteiger partial charge in [-0.05, 0) is 38.7 Å². The molecule has 2 aliphatic rings. The molecule has 1 saturated heterocycles. The van der Waals surface area contributed by atoms with Crippen molar-refractivity contribution in [2.45, 2.75) is 13.0 Å². The summed E-state index contributed by atoms with van der Waals surface area (Å²) in [5, 5.41) is 7.81. The number of piperazine rings is 1. The molecule has 230 valence electrons. The van der Waals surface area contributed by atoms with E-state index in [0.29, 0.717) is 77.2 Å². The van der Waals surface area contributed by atoms with Crippen LogP contribution in [0, 0.1) is 12.7 Å². The number of hydrogen-bond donors (Lipinski definition) is 1. The number of likely N-dealkylation sites (N-methyl/N-ethyl adjacent to an activating group) is 1. The Bertz CT molecular complexity index is 1940. The lowest BCUT2D eigenvalue weighted by atomic mass is 10.1. The van der Waals surface area contributed by atoms with Crippen molar-refractivity contribution in [3.63, 3.8) is 0 Å². The molecule has 4 aromatic heterocycles. The van der Waals surface area contributed by atoms with Crippen LogP contribution in [0.2, 0.25) is 0 Å². The summed E-state index contributed by atoms with van der Waals surface area (Å²) in [5.74, 6) is 1.82. The summed E-state index contributed by atoms with van der Waals surface area (Å²) in [7, 11) is 3.91. The average Bonchev–Trinajstić information content (AvgIpc) is 3.44. The Balaban J connectivity index is 1.16. The van der Waals surface area contributed by atoms with E-state index >= 15 is 4.39 Å². The third-order valence-corrected chi connectivity index (χ3v) is 7.83. The van der Waals surface area contributed by atoms with E-state index in [4.69, 9.17) is 9.47 Å². The van der Waals surface area contributed by atoms with Crippen LogP contribution in [0.25, 0.3) is 16.6 Å². The molecule has 2 bridgehead atoms. The Labute approximate surface area is 257 Å². The first-order valence-electron chi connectivity index (χ1n) is 14.5. The summed E-state index contributed by atoms with van der Waals surface area (Å²) in [6.45, 7) is 4.50. The molecule has 14 heteroatoms. The van der Waals surface area contributed by atoms with Crippen LogP contribution < -0.4 is 19.7 Å². The first kappa shape index (κ1) is 28.4. The van der Waals surface area contributed by atoms with Gasteiger partial charge in [-0.25, -0.2) is 28.8 Å². The number of aromatic nitrogens is 6. The minimum absolute atomic E-state index is 0.0445. The fourth-order valence-electron chi connectivity index (χ4n) is 5.57. The second kappa shape index (κ2) is 11.6. The van der Waals surface area contributed by atoms with Gasteiger partial charge in [0.1, 0.15) is 42.4 Å². The van der Waals surface area contributed by atoms with Gasteiger partial charge in [-0.2, -0.15) is 5.10 Å². The smallest absolute Gasteiger partial charge is 0.246 e. The molecule has 1 aromatic carbocycles. The maximum absolute atomic E-state index is 15.5. The number of aryl methyl sites for hydroxylation is 1. The first-order valence-corrected chi connectivity index (χ1v) is 14.5. The normalized spacial score (nSPS) is 16.2. The summed E-state index contributed by atoms with van der Waals surface area (Å²) in [5.41, 5.74) is 2.09. The lowest BCUT2D eigenvalue weighted by molar-refractivity contribution is -0.129. The molecule has 1 N–H and O–H groups in total. The zero-order chi connectivity index (χ0) is 31.1. The van der Waals surface area contributed by atoms with Gasteiger partial charge in [-0.1, -0.05) is 6.08 Å². The third kappa shape index (κ3) is 5.55. The highest BCUT2D eigenvalue weighted by molar-refractivity contribution is 5.98.